The van der Waals surface area contributed by atoms with Gasteiger partial charge in [0.2, 0.25) is 0 Å². The highest BCUT2D eigenvalue weighted by molar-refractivity contribution is 5.93. The third kappa shape index (κ3) is 3.93. The van der Waals surface area contributed by atoms with E-state index in [9.17, 15) is 14.4 Å². The molecule has 2 amide bonds. The molecule has 0 saturated carbocycles. The van der Waals surface area contributed by atoms with Crippen LogP contribution in [0.2, 0.25) is 0 Å². The fourth-order valence-electron chi connectivity index (χ4n) is 2.81. The Kier molecular flexibility index (Phi) is 5.36. The Morgan fingerprint density at radius 2 is 1.69 bits per heavy atom. The van der Waals surface area contributed by atoms with Gasteiger partial charge in [0.25, 0.3) is 11.8 Å². The molecule has 0 atom stereocenters. The van der Waals surface area contributed by atoms with Crippen molar-refractivity contribution >= 4 is 17.8 Å². The van der Waals surface area contributed by atoms with Gasteiger partial charge in [-0.05, 0) is 30.7 Å². The van der Waals surface area contributed by atoms with Crippen LogP contribution in [0, 0.1) is 6.92 Å². The number of hydrogen-bond acceptors (Lipinski definition) is 5. The number of carbonyl (C=O) groups is 3. The number of rotatable bonds is 4. The number of amides is 2. The summed E-state index contributed by atoms with van der Waals surface area (Å²) < 4.78 is 10.2. The van der Waals surface area contributed by atoms with Crippen molar-refractivity contribution < 1.29 is 23.5 Å². The molecule has 3 rings (SSSR count). The number of benzene rings is 1. The van der Waals surface area contributed by atoms with Gasteiger partial charge in [-0.15, -0.1) is 0 Å². The molecule has 0 bridgehead atoms. The molecule has 0 unspecified atom stereocenters. The van der Waals surface area contributed by atoms with E-state index in [1.807, 2.05) is 19.1 Å². The number of nitrogens with zero attached hydrogens (tertiary/aromatic N) is 2. The van der Waals surface area contributed by atoms with Gasteiger partial charge in [-0.25, -0.2) is 4.79 Å². The molecule has 1 aliphatic heterocycles. The molecular formula is C19H20N2O5. The first kappa shape index (κ1) is 17.7. The summed E-state index contributed by atoms with van der Waals surface area (Å²) in [6.07, 6.45) is 1.45. The van der Waals surface area contributed by atoms with Crippen molar-refractivity contribution in [3.63, 3.8) is 0 Å². The Hall–Kier alpha value is -3.09. The largest absolute Gasteiger partial charge is 0.459 e. The molecule has 1 saturated heterocycles. The summed E-state index contributed by atoms with van der Waals surface area (Å²) in [5.74, 6) is -0.676. The van der Waals surface area contributed by atoms with Crippen LogP contribution in [0.4, 0.5) is 0 Å². The van der Waals surface area contributed by atoms with E-state index >= 15 is 0 Å². The first-order chi connectivity index (χ1) is 12.6. The predicted molar refractivity (Wildman–Crippen MR) is 92.7 cm³/mol. The first-order valence-electron chi connectivity index (χ1n) is 8.39. The minimum Gasteiger partial charge on any atom is -0.459 e. The van der Waals surface area contributed by atoms with Crippen LogP contribution in [0.5, 0.6) is 0 Å². The first-order valence-corrected chi connectivity index (χ1v) is 8.39. The molecule has 1 aromatic carbocycles. The van der Waals surface area contributed by atoms with Crippen LogP contribution in [-0.4, -0.2) is 60.4 Å². The highest BCUT2D eigenvalue weighted by Gasteiger charge is 2.26. The lowest BCUT2D eigenvalue weighted by atomic mass is 10.1. The van der Waals surface area contributed by atoms with Gasteiger partial charge in [-0.1, -0.05) is 18.2 Å². The van der Waals surface area contributed by atoms with E-state index in [0.717, 1.165) is 5.56 Å². The summed E-state index contributed by atoms with van der Waals surface area (Å²) in [5.41, 5.74) is 1.25. The number of hydrogen-bond donors (Lipinski definition) is 0. The van der Waals surface area contributed by atoms with Gasteiger partial charge in [-0.2, -0.15) is 0 Å². The predicted octanol–water partition coefficient (Wildman–Crippen LogP) is 1.73. The van der Waals surface area contributed by atoms with Crippen molar-refractivity contribution in [3.8, 4) is 0 Å². The number of ether oxygens (including phenoxy) is 1. The molecule has 0 spiro atoms. The number of aryl methyl sites for hydroxylation is 1. The second-order valence-corrected chi connectivity index (χ2v) is 6.04. The molecule has 1 aliphatic rings. The van der Waals surface area contributed by atoms with Crippen LogP contribution in [-0.2, 0) is 9.53 Å². The number of furan rings is 1. The van der Waals surface area contributed by atoms with Gasteiger partial charge in [-0.3, -0.25) is 9.59 Å². The van der Waals surface area contributed by atoms with Gasteiger partial charge < -0.3 is 19.0 Å². The third-order valence-electron chi connectivity index (χ3n) is 4.34. The quantitative estimate of drug-likeness (QED) is 0.780. The summed E-state index contributed by atoms with van der Waals surface area (Å²) in [6, 6.07) is 10.3. The second kappa shape index (κ2) is 7.86. The maximum atomic E-state index is 12.3. The van der Waals surface area contributed by atoms with Crippen LogP contribution in [0.1, 0.15) is 26.5 Å². The maximum Gasteiger partial charge on any atom is 0.338 e. The van der Waals surface area contributed by atoms with Crippen LogP contribution < -0.4 is 0 Å². The van der Waals surface area contributed by atoms with E-state index in [1.165, 1.54) is 6.26 Å². The number of carbonyl (C=O) groups excluding carboxylic acids is 3. The van der Waals surface area contributed by atoms with Crippen molar-refractivity contribution in [3.05, 3.63) is 59.5 Å². The lowest BCUT2D eigenvalue weighted by molar-refractivity contribution is -0.136. The summed E-state index contributed by atoms with van der Waals surface area (Å²) in [7, 11) is 0. The molecule has 7 heteroatoms. The molecule has 2 heterocycles. The van der Waals surface area contributed by atoms with Crippen molar-refractivity contribution in [1.29, 1.82) is 0 Å². The van der Waals surface area contributed by atoms with Crippen molar-refractivity contribution in [2.24, 2.45) is 0 Å². The molecule has 1 fully saturated rings. The van der Waals surface area contributed by atoms with E-state index in [0.29, 0.717) is 31.7 Å². The normalized spacial score (nSPS) is 14.2. The molecule has 26 heavy (non-hydrogen) atoms. The van der Waals surface area contributed by atoms with E-state index in [4.69, 9.17) is 9.15 Å². The topological polar surface area (TPSA) is 80.1 Å². The van der Waals surface area contributed by atoms with Gasteiger partial charge >= 0.3 is 5.97 Å². The Morgan fingerprint density at radius 1 is 1.00 bits per heavy atom. The second-order valence-electron chi connectivity index (χ2n) is 6.04. The van der Waals surface area contributed by atoms with Crippen molar-refractivity contribution in [2.75, 3.05) is 32.8 Å². The fourth-order valence-corrected chi connectivity index (χ4v) is 2.81. The van der Waals surface area contributed by atoms with Crippen LogP contribution >= 0.6 is 0 Å². The minimum atomic E-state index is -0.511. The van der Waals surface area contributed by atoms with Gasteiger partial charge in [0.05, 0.1) is 11.8 Å². The molecular weight excluding hydrogens is 336 g/mol. The molecule has 0 aliphatic carbocycles. The van der Waals surface area contributed by atoms with E-state index in [-0.39, 0.29) is 24.2 Å². The molecule has 0 N–H and O–H groups in total. The zero-order valence-electron chi connectivity index (χ0n) is 14.5. The number of esters is 1. The molecule has 1 aromatic heterocycles. The lowest BCUT2D eigenvalue weighted by Crippen LogP contribution is -2.51. The SMILES string of the molecule is Cc1ccccc1C(=O)OCC(=O)N1CCN(C(=O)c2ccco2)CC1. The molecule has 136 valence electrons. The van der Waals surface area contributed by atoms with Gasteiger partial charge in [0.1, 0.15) is 0 Å². The fraction of sp³-hybridized carbons (Fsp3) is 0.316. The summed E-state index contributed by atoms with van der Waals surface area (Å²) in [6.45, 7) is 3.13. The van der Waals surface area contributed by atoms with Crippen LogP contribution in [0.15, 0.2) is 47.1 Å². The zero-order valence-corrected chi connectivity index (χ0v) is 14.5. The average molecular weight is 356 g/mol. The highest BCUT2D eigenvalue weighted by Crippen LogP contribution is 2.11. The molecule has 7 nitrogen and oxygen atoms in total. The zero-order chi connectivity index (χ0) is 18.5. The minimum absolute atomic E-state index is 0.187. The van der Waals surface area contributed by atoms with Gasteiger partial charge in [0.15, 0.2) is 12.4 Å². The van der Waals surface area contributed by atoms with E-state index in [1.54, 1.807) is 34.1 Å². The van der Waals surface area contributed by atoms with Crippen LogP contribution in [0.3, 0.4) is 0 Å². The summed E-state index contributed by atoms with van der Waals surface area (Å²) in [5, 5.41) is 0. The smallest absolute Gasteiger partial charge is 0.338 e. The van der Waals surface area contributed by atoms with E-state index < -0.39 is 5.97 Å². The Morgan fingerprint density at radius 3 is 2.35 bits per heavy atom. The monoisotopic (exact) mass is 356 g/mol. The maximum absolute atomic E-state index is 12.3. The van der Waals surface area contributed by atoms with Crippen molar-refractivity contribution in [1.82, 2.24) is 9.80 Å². The highest BCUT2D eigenvalue weighted by atomic mass is 16.5. The summed E-state index contributed by atoms with van der Waals surface area (Å²) >= 11 is 0. The number of piperazine rings is 1. The van der Waals surface area contributed by atoms with Gasteiger partial charge in [0, 0.05) is 26.2 Å². The van der Waals surface area contributed by atoms with Crippen LogP contribution in [0.25, 0.3) is 0 Å². The average Bonchev–Trinajstić information content (AvgIpc) is 3.20. The van der Waals surface area contributed by atoms with E-state index in [2.05, 4.69) is 0 Å². The standard InChI is InChI=1S/C19H20N2O5/c1-14-5-2-3-6-15(14)19(24)26-13-17(22)20-8-10-21(11-9-20)18(23)16-7-4-12-25-16/h2-7,12H,8-11,13H2,1H3. The Balaban J connectivity index is 1.47. The molecule has 0 radical (unpaired) electrons. The van der Waals surface area contributed by atoms with Crippen molar-refractivity contribution in [2.45, 2.75) is 6.92 Å². The summed E-state index contributed by atoms with van der Waals surface area (Å²) in [4.78, 5) is 39.8. The molecule has 2 aromatic rings. The lowest BCUT2D eigenvalue weighted by Gasteiger charge is -2.34. The Bertz CT molecular complexity index is 792. The third-order valence-corrected chi connectivity index (χ3v) is 4.34. The Labute approximate surface area is 151 Å².